The van der Waals surface area contributed by atoms with E-state index in [9.17, 15) is 4.39 Å². The summed E-state index contributed by atoms with van der Waals surface area (Å²) in [4.78, 5) is 0. The maximum Gasteiger partial charge on any atom is 0.129 e. The zero-order valence-electron chi connectivity index (χ0n) is 9.89. The van der Waals surface area contributed by atoms with E-state index < -0.39 is 0 Å². The molecule has 17 heavy (non-hydrogen) atoms. The summed E-state index contributed by atoms with van der Waals surface area (Å²) in [5.74, 6) is -0.328. The number of nitrogens with one attached hydrogen (secondary N) is 2. The number of nitriles is 1. The zero-order chi connectivity index (χ0) is 12.3. The molecule has 3 nitrogen and oxygen atoms in total. The van der Waals surface area contributed by atoms with Gasteiger partial charge in [-0.2, -0.15) is 5.26 Å². The van der Waals surface area contributed by atoms with Crippen molar-refractivity contribution in [1.82, 2.24) is 5.32 Å². The summed E-state index contributed by atoms with van der Waals surface area (Å²) >= 11 is 0. The maximum atomic E-state index is 13.5. The lowest BCUT2D eigenvalue weighted by atomic mass is 10.1. The summed E-state index contributed by atoms with van der Waals surface area (Å²) in [5, 5.41) is 15.4. The van der Waals surface area contributed by atoms with E-state index in [1.54, 1.807) is 13.0 Å². The molecular weight excluding hydrogens is 217 g/mol. The van der Waals surface area contributed by atoms with Crippen molar-refractivity contribution in [3.63, 3.8) is 0 Å². The normalized spacial score (nSPS) is 19.0. The van der Waals surface area contributed by atoms with Gasteiger partial charge in [0.2, 0.25) is 0 Å². The lowest BCUT2D eigenvalue weighted by Crippen LogP contribution is -2.29. The first-order chi connectivity index (χ1) is 8.20. The quantitative estimate of drug-likeness (QED) is 0.841. The van der Waals surface area contributed by atoms with E-state index in [4.69, 9.17) is 5.26 Å². The van der Waals surface area contributed by atoms with Crippen LogP contribution in [0.15, 0.2) is 12.1 Å². The second kappa shape index (κ2) is 5.15. The molecule has 1 saturated heterocycles. The second-order valence-electron chi connectivity index (χ2n) is 4.42. The van der Waals surface area contributed by atoms with Crippen LogP contribution in [0.5, 0.6) is 0 Å². The average molecular weight is 233 g/mol. The number of nitrogens with zero attached hydrogens (tertiary/aromatic N) is 1. The molecule has 4 heteroatoms. The minimum absolute atomic E-state index is 0.328. The minimum Gasteiger partial charge on any atom is -0.383 e. The van der Waals surface area contributed by atoms with Gasteiger partial charge in [-0.05, 0) is 38.4 Å². The molecule has 2 rings (SSSR count). The van der Waals surface area contributed by atoms with Gasteiger partial charge in [0.25, 0.3) is 0 Å². The van der Waals surface area contributed by atoms with Crippen LogP contribution in [-0.4, -0.2) is 19.1 Å². The first kappa shape index (κ1) is 11.9. The summed E-state index contributed by atoms with van der Waals surface area (Å²) in [7, 11) is 0. The predicted octanol–water partition coefficient (Wildman–Crippen LogP) is 2.17. The van der Waals surface area contributed by atoms with E-state index in [1.165, 1.54) is 12.5 Å². The van der Waals surface area contributed by atoms with Crippen LogP contribution >= 0.6 is 0 Å². The molecule has 0 spiro atoms. The van der Waals surface area contributed by atoms with Gasteiger partial charge in [-0.25, -0.2) is 4.39 Å². The highest BCUT2D eigenvalue weighted by Crippen LogP contribution is 2.20. The van der Waals surface area contributed by atoms with Gasteiger partial charge in [0, 0.05) is 23.8 Å². The highest BCUT2D eigenvalue weighted by Gasteiger charge is 2.14. The van der Waals surface area contributed by atoms with Crippen LogP contribution in [-0.2, 0) is 0 Å². The van der Waals surface area contributed by atoms with Gasteiger partial charge in [0.1, 0.15) is 5.82 Å². The van der Waals surface area contributed by atoms with Crippen molar-refractivity contribution < 1.29 is 4.39 Å². The Bertz CT molecular complexity index is 445. The standard InChI is InChI=1S/C13H16FN3/c1-9-12(14)5-10(7-15)6-13(9)17-8-11-3-2-4-16-11/h5-6,11,16-17H,2-4,8H2,1H3. The zero-order valence-corrected chi connectivity index (χ0v) is 9.89. The molecule has 1 unspecified atom stereocenters. The Labute approximate surface area is 101 Å². The third-order valence-electron chi connectivity index (χ3n) is 3.17. The summed E-state index contributed by atoms with van der Waals surface area (Å²) in [5.41, 5.74) is 1.65. The molecule has 0 saturated carbocycles. The van der Waals surface area contributed by atoms with Gasteiger partial charge >= 0.3 is 0 Å². The highest BCUT2D eigenvalue weighted by atomic mass is 19.1. The number of hydrogen-bond acceptors (Lipinski definition) is 3. The SMILES string of the molecule is Cc1c(F)cc(C#N)cc1NCC1CCCN1. The van der Waals surface area contributed by atoms with Crippen molar-refractivity contribution in [2.45, 2.75) is 25.8 Å². The lowest BCUT2D eigenvalue weighted by molar-refractivity contribution is 0.615. The first-order valence-electron chi connectivity index (χ1n) is 5.88. The van der Waals surface area contributed by atoms with Crippen molar-refractivity contribution in [1.29, 1.82) is 5.26 Å². The summed E-state index contributed by atoms with van der Waals surface area (Å²) < 4.78 is 13.5. The van der Waals surface area contributed by atoms with Crippen LogP contribution in [0.4, 0.5) is 10.1 Å². The van der Waals surface area contributed by atoms with Crippen LogP contribution in [0.25, 0.3) is 0 Å². The summed E-state index contributed by atoms with van der Waals surface area (Å²) in [6.45, 7) is 3.55. The van der Waals surface area contributed by atoms with Gasteiger partial charge in [-0.15, -0.1) is 0 Å². The number of anilines is 1. The van der Waals surface area contributed by atoms with E-state index in [2.05, 4.69) is 10.6 Å². The van der Waals surface area contributed by atoms with Crippen LogP contribution in [0.3, 0.4) is 0 Å². The van der Waals surface area contributed by atoms with Crippen LogP contribution < -0.4 is 10.6 Å². The Morgan fingerprint density at radius 1 is 1.59 bits per heavy atom. The Morgan fingerprint density at radius 2 is 2.41 bits per heavy atom. The van der Waals surface area contributed by atoms with Gasteiger partial charge in [0.05, 0.1) is 11.6 Å². The monoisotopic (exact) mass is 233 g/mol. The van der Waals surface area contributed by atoms with E-state index >= 15 is 0 Å². The van der Waals surface area contributed by atoms with Crippen molar-refractivity contribution in [2.75, 3.05) is 18.4 Å². The fraction of sp³-hybridized carbons (Fsp3) is 0.462. The smallest absolute Gasteiger partial charge is 0.129 e. The van der Waals surface area contributed by atoms with Crippen molar-refractivity contribution in [2.24, 2.45) is 0 Å². The first-order valence-corrected chi connectivity index (χ1v) is 5.88. The van der Waals surface area contributed by atoms with E-state index in [0.717, 1.165) is 25.2 Å². The Hall–Kier alpha value is -1.60. The average Bonchev–Trinajstić information content (AvgIpc) is 2.84. The molecule has 90 valence electrons. The number of rotatable bonds is 3. The Balaban J connectivity index is 2.09. The van der Waals surface area contributed by atoms with Crippen LogP contribution in [0.1, 0.15) is 24.0 Å². The number of hydrogen-bond donors (Lipinski definition) is 2. The predicted molar refractivity (Wildman–Crippen MR) is 65.4 cm³/mol. The van der Waals surface area contributed by atoms with Crippen molar-refractivity contribution >= 4 is 5.69 Å². The molecule has 0 radical (unpaired) electrons. The van der Waals surface area contributed by atoms with Crippen LogP contribution in [0.2, 0.25) is 0 Å². The molecule has 1 aliphatic heterocycles. The third kappa shape index (κ3) is 2.75. The molecule has 0 aliphatic carbocycles. The molecule has 0 amide bonds. The molecule has 1 aliphatic rings. The molecular formula is C13H16FN3. The molecule has 0 aromatic heterocycles. The van der Waals surface area contributed by atoms with Gasteiger partial charge in [-0.3, -0.25) is 0 Å². The van der Waals surface area contributed by atoms with Gasteiger partial charge in [0.15, 0.2) is 0 Å². The third-order valence-corrected chi connectivity index (χ3v) is 3.17. The van der Waals surface area contributed by atoms with Gasteiger partial charge < -0.3 is 10.6 Å². The number of halogens is 1. The fourth-order valence-corrected chi connectivity index (χ4v) is 2.09. The molecule has 1 aromatic rings. The van der Waals surface area contributed by atoms with Crippen molar-refractivity contribution in [3.8, 4) is 6.07 Å². The fourth-order valence-electron chi connectivity index (χ4n) is 2.09. The molecule has 1 atom stereocenters. The van der Waals surface area contributed by atoms with Crippen molar-refractivity contribution in [3.05, 3.63) is 29.1 Å². The summed E-state index contributed by atoms with van der Waals surface area (Å²) in [6.07, 6.45) is 2.34. The minimum atomic E-state index is -0.328. The largest absolute Gasteiger partial charge is 0.383 e. The molecule has 1 aromatic carbocycles. The molecule has 1 heterocycles. The molecule has 0 bridgehead atoms. The Morgan fingerprint density at radius 3 is 3.06 bits per heavy atom. The lowest BCUT2D eigenvalue weighted by Gasteiger charge is -2.15. The molecule has 2 N–H and O–H groups in total. The topological polar surface area (TPSA) is 47.9 Å². The Kier molecular flexibility index (Phi) is 3.60. The van der Waals surface area contributed by atoms with Gasteiger partial charge in [-0.1, -0.05) is 0 Å². The van der Waals surface area contributed by atoms with Crippen LogP contribution in [0, 0.1) is 24.1 Å². The highest BCUT2D eigenvalue weighted by molar-refractivity contribution is 5.55. The van der Waals surface area contributed by atoms with E-state index in [1.807, 2.05) is 6.07 Å². The number of benzene rings is 1. The van der Waals surface area contributed by atoms with E-state index in [-0.39, 0.29) is 5.82 Å². The summed E-state index contributed by atoms with van der Waals surface area (Å²) in [6, 6.07) is 5.39. The molecule has 1 fully saturated rings. The maximum absolute atomic E-state index is 13.5. The van der Waals surface area contributed by atoms with E-state index in [0.29, 0.717) is 17.2 Å². The second-order valence-corrected chi connectivity index (χ2v) is 4.42.